The van der Waals surface area contributed by atoms with Crippen LogP contribution in [0.2, 0.25) is 5.02 Å². The van der Waals surface area contributed by atoms with Gasteiger partial charge >= 0.3 is 0 Å². The second-order valence-corrected chi connectivity index (χ2v) is 7.30. The molecule has 0 amide bonds. The molecule has 0 saturated heterocycles. The summed E-state index contributed by atoms with van der Waals surface area (Å²) in [6, 6.07) is 12.3. The van der Waals surface area contributed by atoms with Gasteiger partial charge in [-0.1, -0.05) is 41.9 Å². The summed E-state index contributed by atoms with van der Waals surface area (Å²) in [4.78, 5) is 0. The molecule has 1 saturated carbocycles. The number of hydrogen-bond acceptors (Lipinski definition) is 4. The summed E-state index contributed by atoms with van der Waals surface area (Å²) in [5, 5.41) is 4.14. The molecule has 0 unspecified atom stereocenters. The van der Waals surface area contributed by atoms with E-state index < -0.39 is 0 Å². The Balaban J connectivity index is 1.59. The van der Waals surface area contributed by atoms with Crippen molar-refractivity contribution in [2.45, 2.75) is 38.3 Å². The normalized spacial score (nSPS) is 14.8. The second-order valence-electron chi connectivity index (χ2n) is 6.92. The highest BCUT2D eigenvalue weighted by molar-refractivity contribution is 6.33. The summed E-state index contributed by atoms with van der Waals surface area (Å²) in [6.07, 6.45) is 2.32. The Labute approximate surface area is 166 Å². The third-order valence-corrected chi connectivity index (χ3v) is 5.32. The molecule has 2 aromatic rings. The van der Waals surface area contributed by atoms with E-state index in [4.69, 9.17) is 25.8 Å². The highest BCUT2D eigenvalue weighted by atomic mass is 35.5. The molecule has 1 N–H and O–H groups in total. The Morgan fingerprint density at radius 1 is 1.15 bits per heavy atom. The summed E-state index contributed by atoms with van der Waals surface area (Å²) < 4.78 is 17.0. The molecule has 146 valence electrons. The highest BCUT2D eigenvalue weighted by Gasteiger charge is 2.33. The number of rotatable bonds is 10. The van der Waals surface area contributed by atoms with Crippen molar-refractivity contribution in [1.82, 2.24) is 5.32 Å². The van der Waals surface area contributed by atoms with Crippen molar-refractivity contribution >= 4 is 11.6 Å². The van der Waals surface area contributed by atoms with E-state index in [2.05, 4.69) is 24.4 Å². The van der Waals surface area contributed by atoms with Gasteiger partial charge in [-0.3, -0.25) is 0 Å². The average molecular weight is 390 g/mol. The summed E-state index contributed by atoms with van der Waals surface area (Å²) in [5.74, 6) is 2.11. The molecule has 27 heavy (non-hydrogen) atoms. The summed E-state index contributed by atoms with van der Waals surface area (Å²) in [5.41, 5.74) is 3.27. The molecule has 2 aromatic carbocycles. The number of ether oxygens (including phenoxy) is 3. The third-order valence-electron chi connectivity index (χ3n) is 4.93. The smallest absolute Gasteiger partial charge is 0.144 e. The van der Waals surface area contributed by atoms with Crippen LogP contribution in [-0.2, 0) is 11.3 Å². The number of methoxy groups -OCH3 is 2. The van der Waals surface area contributed by atoms with Gasteiger partial charge in [0.1, 0.15) is 11.5 Å². The van der Waals surface area contributed by atoms with Crippen LogP contribution in [0.25, 0.3) is 0 Å². The van der Waals surface area contributed by atoms with Crippen molar-refractivity contribution in [3.8, 4) is 11.5 Å². The van der Waals surface area contributed by atoms with E-state index >= 15 is 0 Å². The van der Waals surface area contributed by atoms with Crippen LogP contribution >= 0.6 is 11.6 Å². The largest absolute Gasteiger partial charge is 0.496 e. The number of nitrogens with one attached hydrogen (secondary N) is 1. The van der Waals surface area contributed by atoms with Crippen molar-refractivity contribution < 1.29 is 14.2 Å². The fourth-order valence-electron chi connectivity index (χ4n) is 3.31. The molecule has 0 aromatic heterocycles. The van der Waals surface area contributed by atoms with E-state index in [-0.39, 0.29) is 6.04 Å². The predicted octanol–water partition coefficient (Wildman–Crippen LogP) is 5.10. The lowest BCUT2D eigenvalue weighted by molar-refractivity contribution is 0.121. The van der Waals surface area contributed by atoms with Crippen LogP contribution in [0.5, 0.6) is 11.5 Å². The van der Waals surface area contributed by atoms with Gasteiger partial charge in [-0.15, -0.1) is 0 Å². The first-order valence-electron chi connectivity index (χ1n) is 9.45. The Morgan fingerprint density at radius 2 is 1.89 bits per heavy atom. The highest BCUT2D eigenvalue weighted by Crippen LogP contribution is 2.52. The third kappa shape index (κ3) is 4.95. The zero-order valence-electron chi connectivity index (χ0n) is 16.3. The van der Waals surface area contributed by atoms with E-state index in [1.165, 1.54) is 5.56 Å². The molecular formula is C22H28ClNO3. The van der Waals surface area contributed by atoms with Gasteiger partial charge in [0.2, 0.25) is 0 Å². The van der Waals surface area contributed by atoms with Crippen LogP contribution in [0.3, 0.4) is 0 Å². The minimum atomic E-state index is 0.0638. The Bertz CT molecular complexity index is 747. The molecule has 0 bridgehead atoms. The predicted molar refractivity (Wildman–Crippen MR) is 109 cm³/mol. The quantitative estimate of drug-likeness (QED) is 0.574. The lowest BCUT2D eigenvalue weighted by atomic mass is 10.0. The van der Waals surface area contributed by atoms with Gasteiger partial charge in [-0.2, -0.15) is 0 Å². The van der Waals surface area contributed by atoms with E-state index in [9.17, 15) is 0 Å². The molecule has 0 radical (unpaired) electrons. The van der Waals surface area contributed by atoms with Crippen LogP contribution in [0.15, 0.2) is 36.4 Å². The first-order valence-corrected chi connectivity index (χ1v) is 9.82. The minimum Gasteiger partial charge on any atom is -0.496 e. The molecule has 3 rings (SSSR count). The lowest BCUT2D eigenvalue weighted by Gasteiger charge is -2.21. The van der Waals surface area contributed by atoms with Crippen LogP contribution in [0.4, 0.5) is 0 Å². The maximum atomic E-state index is 6.68. The van der Waals surface area contributed by atoms with Gasteiger partial charge in [-0.25, -0.2) is 0 Å². The van der Waals surface area contributed by atoms with Gasteiger partial charge in [-0.05, 0) is 42.9 Å². The topological polar surface area (TPSA) is 39.7 Å². The first-order chi connectivity index (χ1) is 13.2. The Hall–Kier alpha value is -1.75. The van der Waals surface area contributed by atoms with Gasteiger partial charge in [0.25, 0.3) is 0 Å². The number of hydrogen-bond donors (Lipinski definition) is 1. The number of halogens is 1. The zero-order chi connectivity index (χ0) is 19.2. The Morgan fingerprint density at radius 3 is 2.52 bits per heavy atom. The van der Waals surface area contributed by atoms with Crippen molar-refractivity contribution in [3.63, 3.8) is 0 Å². The molecule has 1 atom stereocenters. The van der Waals surface area contributed by atoms with Gasteiger partial charge < -0.3 is 19.5 Å². The van der Waals surface area contributed by atoms with Gasteiger partial charge in [0.15, 0.2) is 0 Å². The fourth-order valence-corrected chi connectivity index (χ4v) is 3.70. The van der Waals surface area contributed by atoms with Crippen molar-refractivity contribution in [1.29, 1.82) is 0 Å². The molecule has 0 spiro atoms. The fraction of sp³-hybridized carbons (Fsp3) is 0.455. The number of benzene rings is 2. The summed E-state index contributed by atoms with van der Waals surface area (Å²) >= 11 is 6.68. The first kappa shape index (κ1) is 20.0. The SMILES string of the molecule is COc1cc([C@@H](C)NCCOCc2ccccc2)c(Cl)c(OC)c1C1CC1. The minimum absolute atomic E-state index is 0.0638. The van der Waals surface area contributed by atoms with Crippen molar-refractivity contribution in [3.05, 3.63) is 58.1 Å². The van der Waals surface area contributed by atoms with Gasteiger partial charge in [0.05, 0.1) is 32.5 Å². The molecule has 0 aliphatic heterocycles. The second kappa shape index (κ2) is 9.45. The standard InChI is InChI=1S/C22H28ClNO3/c1-15(24-11-12-27-14-16-7-5-4-6-8-16)18-13-19(25-2)20(17-9-10-17)22(26-3)21(18)23/h4-8,13,15,17,24H,9-12,14H2,1-3H3/t15-/m1/s1. The molecule has 1 aliphatic carbocycles. The Kier molecular flexibility index (Phi) is 7.00. The molecular weight excluding hydrogens is 362 g/mol. The van der Waals surface area contributed by atoms with E-state index in [0.717, 1.165) is 42.0 Å². The molecule has 0 heterocycles. The van der Waals surface area contributed by atoms with Crippen LogP contribution in [-0.4, -0.2) is 27.4 Å². The van der Waals surface area contributed by atoms with E-state index in [1.807, 2.05) is 24.3 Å². The molecule has 1 fully saturated rings. The zero-order valence-corrected chi connectivity index (χ0v) is 17.0. The van der Waals surface area contributed by atoms with Crippen molar-refractivity contribution in [2.24, 2.45) is 0 Å². The summed E-state index contributed by atoms with van der Waals surface area (Å²) in [7, 11) is 3.37. The molecule has 4 nitrogen and oxygen atoms in total. The van der Waals surface area contributed by atoms with Crippen molar-refractivity contribution in [2.75, 3.05) is 27.4 Å². The van der Waals surface area contributed by atoms with Crippen LogP contribution < -0.4 is 14.8 Å². The monoisotopic (exact) mass is 389 g/mol. The maximum absolute atomic E-state index is 6.68. The summed E-state index contributed by atoms with van der Waals surface area (Å²) in [6.45, 7) is 4.08. The lowest BCUT2D eigenvalue weighted by Crippen LogP contribution is -2.23. The maximum Gasteiger partial charge on any atom is 0.144 e. The van der Waals surface area contributed by atoms with E-state index in [1.54, 1.807) is 14.2 Å². The van der Waals surface area contributed by atoms with Crippen LogP contribution in [0, 0.1) is 0 Å². The average Bonchev–Trinajstić information content (AvgIpc) is 3.53. The van der Waals surface area contributed by atoms with Gasteiger partial charge in [0, 0.05) is 18.2 Å². The van der Waals surface area contributed by atoms with E-state index in [0.29, 0.717) is 24.2 Å². The van der Waals surface area contributed by atoms with Crippen LogP contribution in [0.1, 0.15) is 48.4 Å². The molecule has 1 aliphatic rings. The molecule has 5 heteroatoms.